The van der Waals surface area contributed by atoms with Crippen LogP contribution in [0.2, 0.25) is 0 Å². The van der Waals surface area contributed by atoms with Crippen molar-refractivity contribution in [2.75, 3.05) is 33.2 Å². The molecule has 0 aromatic heterocycles. The standard InChI is InChI=1S/C12H16BFN2O3/c1-15-4-6-16(7-5-15)12(17)10-3-2-9(13(18)19)8-11(10)14/h2-3,8,18-19H,4-7H2,1H3. The minimum atomic E-state index is -1.73. The van der Waals surface area contributed by atoms with E-state index in [1.165, 1.54) is 12.1 Å². The third-order valence-corrected chi connectivity index (χ3v) is 3.31. The van der Waals surface area contributed by atoms with Crippen LogP contribution in [0.15, 0.2) is 18.2 Å². The summed E-state index contributed by atoms with van der Waals surface area (Å²) in [4.78, 5) is 15.9. The van der Waals surface area contributed by atoms with E-state index in [2.05, 4.69) is 4.90 Å². The van der Waals surface area contributed by atoms with Crippen LogP contribution in [-0.2, 0) is 0 Å². The van der Waals surface area contributed by atoms with Gasteiger partial charge in [-0.15, -0.1) is 0 Å². The van der Waals surface area contributed by atoms with E-state index in [0.29, 0.717) is 13.1 Å². The molecular weight excluding hydrogens is 250 g/mol. The van der Waals surface area contributed by atoms with Crippen LogP contribution < -0.4 is 5.46 Å². The number of nitrogens with zero attached hydrogens (tertiary/aromatic N) is 2. The predicted octanol–water partition coefficient (Wildman–Crippen LogP) is -1.11. The van der Waals surface area contributed by atoms with E-state index in [-0.39, 0.29) is 16.9 Å². The summed E-state index contributed by atoms with van der Waals surface area (Å²) in [6, 6.07) is 3.62. The minimum Gasteiger partial charge on any atom is -0.423 e. The minimum absolute atomic E-state index is 0.0334. The van der Waals surface area contributed by atoms with Gasteiger partial charge in [0, 0.05) is 26.2 Å². The van der Waals surface area contributed by atoms with Crippen molar-refractivity contribution in [3.05, 3.63) is 29.6 Å². The van der Waals surface area contributed by atoms with Crippen LogP contribution in [0.4, 0.5) is 4.39 Å². The summed E-state index contributed by atoms with van der Waals surface area (Å²) in [7, 11) is 0.238. The van der Waals surface area contributed by atoms with Gasteiger partial charge in [0.1, 0.15) is 5.82 Å². The maximum Gasteiger partial charge on any atom is 0.488 e. The predicted molar refractivity (Wildman–Crippen MR) is 69.6 cm³/mol. The molecule has 0 radical (unpaired) electrons. The summed E-state index contributed by atoms with van der Waals surface area (Å²) in [5.41, 5.74) is 0.00128. The van der Waals surface area contributed by atoms with E-state index >= 15 is 0 Å². The first-order valence-corrected chi connectivity index (χ1v) is 6.12. The Morgan fingerprint density at radius 3 is 2.42 bits per heavy atom. The van der Waals surface area contributed by atoms with Gasteiger partial charge in [-0.3, -0.25) is 4.79 Å². The first-order chi connectivity index (χ1) is 8.99. The molecule has 1 aromatic carbocycles. The van der Waals surface area contributed by atoms with Crippen molar-refractivity contribution in [3.63, 3.8) is 0 Å². The van der Waals surface area contributed by atoms with Crippen molar-refractivity contribution in [1.29, 1.82) is 0 Å². The lowest BCUT2D eigenvalue weighted by Crippen LogP contribution is -2.47. The number of hydrogen-bond acceptors (Lipinski definition) is 4. The van der Waals surface area contributed by atoms with Gasteiger partial charge in [0.05, 0.1) is 5.56 Å². The van der Waals surface area contributed by atoms with Gasteiger partial charge in [-0.1, -0.05) is 6.07 Å². The zero-order valence-corrected chi connectivity index (χ0v) is 10.7. The first kappa shape index (κ1) is 14.0. The highest BCUT2D eigenvalue weighted by atomic mass is 19.1. The normalized spacial score (nSPS) is 16.5. The fourth-order valence-electron chi connectivity index (χ4n) is 2.05. The summed E-state index contributed by atoms with van der Waals surface area (Å²) in [5, 5.41) is 17.9. The second kappa shape index (κ2) is 5.69. The highest BCUT2D eigenvalue weighted by Gasteiger charge is 2.23. The van der Waals surface area contributed by atoms with Crippen LogP contribution in [0.25, 0.3) is 0 Å². The number of hydrogen-bond donors (Lipinski definition) is 2. The van der Waals surface area contributed by atoms with Gasteiger partial charge < -0.3 is 19.8 Å². The number of rotatable bonds is 2. The zero-order chi connectivity index (χ0) is 14.0. The van der Waals surface area contributed by atoms with Crippen LogP contribution in [0.5, 0.6) is 0 Å². The molecule has 1 heterocycles. The van der Waals surface area contributed by atoms with Gasteiger partial charge in [-0.2, -0.15) is 0 Å². The molecule has 1 aliphatic heterocycles. The van der Waals surface area contributed by atoms with Crippen molar-refractivity contribution >= 4 is 18.5 Å². The molecule has 1 amide bonds. The van der Waals surface area contributed by atoms with Crippen molar-refractivity contribution in [2.45, 2.75) is 0 Å². The molecule has 1 fully saturated rings. The van der Waals surface area contributed by atoms with Crippen LogP contribution in [0.3, 0.4) is 0 Å². The van der Waals surface area contributed by atoms with E-state index in [9.17, 15) is 9.18 Å². The molecule has 1 aliphatic rings. The Labute approximate surface area is 111 Å². The smallest absolute Gasteiger partial charge is 0.423 e. The Morgan fingerprint density at radius 2 is 1.89 bits per heavy atom. The van der Waals surface area contributed by atoms with E-state index in [1.807, 2.05) is 7.05 Å². The number of amides is 1. The first-order valence-electron chi connectivity index (χ1n) is 6.12. The van der Waals surface area contributed by atoms with Gasteiger partial charge in [0.25, 0.3) is 5.91 Å². The largest absolute Gasteiger partial charge is 0.488 e. The fourth-order valence-corrected chi connectivity index (χ4v) is 2.05. The molecule has 0 saturated carbocycles. The third kappa shape index (κ3) is 3.12. The summed E-state index contributed by atoms with van der Waals surface area (Å²) in [5.74, 6) is -1.08. The van der Waals surface area contributed by atoms with E-state index in [4.69, 9.17) is 10.0 Å². The summed E-state index contributed by atoms with van der Waals surface area (Å²) < 4.78 is 13.8. The topological polar surface area (TPSA) is 64.0 Å². The van der Waals surface area contributed by atoms with Crippen LogP contribution in [-0.4, -0.2) is 66.1 Å². The fraction of sp³-hybridized carbons (Fsp3) is 0.417. The van der Waals surface area contributed by atoms with Crippen molar-refractivity contribution in [1.82, 2.24) is 9.80 Å². The van der Waals surface area contributed by atoms with Gasteiger partial charge in [0.15, 0.2) is 0 Å². The molecule has 0 bridgehead atoms. The Kier molecular flexibility index (Phi) is 4.19. The van der Waals surface area contributed by atoms with Gasteiger partial charge in [-0.05, 0) is 24.6 Å². The van der Waals surface area contributed by atoms with Crippen molar-refractivity contribution in [2.24, 2.45) is 0 Å². The lowest BCUT2D eigenvalue weighted by atomic mass is 9.80. The molecule has 102 valence electrons. The van der Waals surface area contributed by atoms with Crippen molar-refractivity contribution < 1.29 is 19.2 Å². The average Bonchev–Trinajstić information content (AvgIpc) is 2.38. The van der Waals surface area contributed by atoms with E-state index in [0.717, 1.165) is 19.2 Å². The van der Waals surface area contributed by atoms with Gasteiger partial charge in [0.2, 0.25) is 0 Å². The zero-order valence-electron chi connectivity index (χ0n) is 10.7. The van der Waals surface area contributed by atoms with Crippen molar-refractivity contribution in [3.8, 4) is 0 Å². The summed E-state index contributed by atoms with van der Waals surface area (Å²) >= 11 is 0. The molecule has 2 N–H and O–H groups in total. The second-order valence-electron chi connectivity index (χ2n) is 4.71. The number of piperazine rings is 1. The number of likely N-dealkylation sites (N-methyl/N-ethyl adjacent to an activating group) is 1. The SMILES string of the molecule is CN1CCN(C(=O)c2ccc(B(O)O)cc2F)CC1. The average molecular weight is 266 g/mol. The molecule has 7 heteroatoms. The van der Waals surface area contributed by atoms with E-state index in [1.54, 1.807) is 4.90 Å². The maximum absolute atomic E-state index is 13.8. The Morgan fingerprint density at radius 1 is 1.26 bits per heavy atom. The lowest BCUT2D eigenvalue weighted by molar-refractivity contribution is 0.0659. The molecule has 0 unspecified atom stereocenters. The Bertz CT molecular complexity index is 476. The molecule has 1 aromatic rings. The number of halogens is 1. The van der Waals surface area contributed by atoms with Crippen LogP contribution in [0, 0.1) is 5.82 Å². The molecule has 0 aliphatic carbocycles. The summed E-state index contributed by atoms with van der Waals surface area (Å²) in [6.07, 6.45) is 0. The van der Waals surface area contributed by atoms with Crippen LogP contribution in [0.1, 0.15) is 10.4 Å². The Hall–Kier alpha value is -1.44. The molecule has 5 nitrogen and oxygen atoms in total. The maximum atomic E-state index is 13.8. The van der Waals surface area contributed by atoms with Gasteiger partial charge in [-0.25, -0.2) is 4.39 Å². The van der Waals surface area contributed by atoms with Gasteiger partial charge >= 0.3 is 7.12 Å². The summed E-state index contributed by atoms with van der Waals surface area (Å²) in [6.45, 7) is 2.67. The number of carbonyl (C=O) groups is 1. The molecule has 0 spiro atoms. The quantitative estimate of drug-likeness (QED) is 0.666. The molecular formula is C12H16BFN2O3. The highest BCUT2D eigenvalue weighted by Crippen LogP contribution is 2.11. The molecule has 2 rings (SSSR count). The number of benzene rings is 1. The molecule has 0 atom stereocenters. The third-order valence-electron chi connectivity index (χ3n) is 3.31. The monoisotopic (exact) mass is 266 g/mol. The lowest BCUT2D eigenvalue weighted by Gasteiger charge is -2.32. The Balaban J connectivity index is 2.15. The second-order valence-corrected chi connectivity index (χ2v) is 4.71. The van der Waals surface area contributed by atoms with E-state index < -0.39 is 12.9 Å². The highest BCUT2D eigenvalue weighted by molar-refractivity contribution is 6.58. The molecule has 1 saturated heterocycles. The van der Waals surface area contributed by atoms with Crippen LogP contribution >= 0.6 is 0 Å². The molecule has 19 heavy (non-hydrogen) atoms. The number of carbonyl (C=O) groups excluding carboxylic acids is 1.